The van der Waals surface area contributed by atoms with E-state index in [1.807, 2.05) is 48.9 Å². The van der Waals surface area contributed by atoms with E-state index in [-0.39, 0.29) is 11.0 Å². The molecule has 0 spiro atoms. The fourth-order valence-electron chi connectivity index (χ4n) is 4.31. The monoisotopic (exact) mass is 427 g/mol. The van der Waals surface area contributed by atoms with Gasteiger partial charge in [-0.1, -0.05) is 18.2 Å². The molecule has 0 atom stereocenters. The molecular formula is C25H25N5O2. The maximum absolute atomic E-state index is 13.2. The number of hydrogen-bond acceptors (Lipinski definition) is 4. The summed E-state index contributed by atoms with van der Waals surface area (Å²) in [5.74, 6) is 0.645. The van der Waals surface area contributed by atoms with Gasteiger partial charge in [-0.3, -0.25) is 9.59 Å². The molecule has 0 unspecified atom stereocenters. The molecule has 4 heterocycles. The molecule has 0 radical (unpaired) electrons. The Hall–Kier alpha value is -3.74. The second-order valence-corrected chi connectivity index (χ2v) is 8.17. The predicted molar refractivity (Wildman–Crippen MR) is 125 cm³/mol. The molecule has 1 aliphatic heterocycles. The van der Waals surface area contributed by atoms with Crippen molar-refractivity contribution in [1.29, 1.82) is 0 Å². The molecule has 0 fully saturated rings. The van der Waals surface area contributed by atoms with Gasteiger partial charge in [0.05, 0.1) is 16.8 Å². The van der Waals surface area contributed by atoms with Crippen LogP contribution in [0.1, 0.15) is 41.6 Å². The summed E-state index contributed by atoms with van der Waals surface area (Å²) in [5, 5.41) is 3.40. The van der Waals surface area contributed by atoms with Gasteiger partial charge in [-0.2, -0.15) is 0 Å². The summed E-state index contributed by atoms with van der Waals surface area (Å²) in [5.41, 5.74) is 3.52. The van der Waals surface area contributed by atoms with Crippen LogP contribution in [0.15, 0.2) is 53.6 Å². The molecule has 0 saturated carbocycles. The number of pyridine rings is 2. The van der Waals surface area contributed by atoms with Crippen molar-refractivity contribution in [3.05, 3.63) is 76.1 Å². The number of carbonyl (C=O) groups is 1. The Morgan fingerprint density at radius 2 is 1.94 bits per heavy atom. The Balaban J connectivity index is 1.53. The molecular weight excluding hydrogens is 402 g/mol. The van der Waals surface area contributed by atoms with Gasteiger partial charge in [-0.25, -0.2) is 9.97 Å². The zero-order valence-corrected chi connectivity index (χ0v) is 18.3. The Kier molecular flexibility index (Phi) is 5.09. The smallest absolute Gasteiger partial charge is 0.261 e. The van der Waals surface area contributed by atoms with Crippen molar-refractivity contribution in [1.82, 2.24) is 19.1 Å². The van der Waals surface area contributed by atoms with Gasteiger partial charge in [0.1, 0.15) is 17.0 Å². The Labute approximate surface area is 185 Å². The molecule has 32 heavy (non-hydrogen) atoms. The Morgan fingerprint density at radius 3 is 2.75 bits per heavy atom. The number of para-hydroxylation sites is 1. The number of carbonyl (C=O) groups excluding carboxylic acids is 1. The number of aromatic nitrogens is 4. The lowest BCUT2D eigenvalue weighted by Gasteiger charge is -2.13. The van der Waals surface area contributed by atoms with Gasteiger partial charge in [-0.15, -0.1) is 0 Å². The maximum Gasteiger partial charge on any atom is 0.261 e. The van der Waals surface area contributed by atoms with Crippen LogP contribution in [0.25, 0.3) is 22.3 Å². The van der Waals surface area contributed by atoms with Crippen LogP contribution in [-0.4, -0.2) is 25.0 Å². The molecule has 1 aromatic carbocycles. The van der Waals surface area contributed by atoms with Crippen molar-refractivity contribution in [3.63, 3.8) is 0 Å². The summed E-state index contributed by atoms with van der Waals surface area (Å²) < 4.78 is 4.03. The fourth-order valence-corrected chi connectivity index (χ4v) is 4.31. The number of nitrogens with zero attached hydrogens (tertiary/aromatic N) is 4. The molecule has 5 rings (SSSR count). The summed E-state index contributed by atoms with van der Waals surface area (Å²) in [7, 11) is 0. The van der Waals surface area contributed by atoms with Crippen molar-refractivity contribution in [2.75, 3.05) is 5.32 Å². The minimum absolute atomic E-state index is 0.101. The number of amides is 1. The van der Waals surface area contributed by atoms with Gasteiger partial charge in [0.15, 0.2) is 0 Å². The molecule has 162 valence electrons. The number of imidazole rings is 1. The number of fused-ring (bicyclic) bond motifs is 2. The van der Waals surface area contributed by atoms with Gasteiger partial charge in [-0.05, 0) is 44.9 Å². The van der Waals surface area contributed by atoms with Crippen LogP contribution in [0.2, 0.25) is 0 Å². The van der Waals surface area contributed by atoms with Crippen LogP contribution in [0, 0.1) is 6.92 Å². The van der Waals surface area contributed by atoms with Crippen LogP contribution in [0.5, 0.6) is 0 Å². The first kappa shape index (κ1) is 20.2. The van der Waals surface area contributed by atoms with E-state index in [1.165, 1.54) is 0 Å². The van der Waals surface area contributed by atoms with E-state index in [2.05, 4.69) is 14.9 Å². The van der Waals surface area contributed by atoms with E-state index in [4.69, 9.17) is 4.98 Å². The highest BCUT2D eigenvalue weighted by Gasteiger charge is 2.19. The quantitative estimate of drug-likeness (QED) is 0.530. The number of hydrogen-bond donors (Lipinski definition) is 1. The van der Waals surface area contributed by atoms with Crippen molar-refractivity contribution in [3.8, 4) is 11.3 Å². The maximum atomic E-state index is 13.2. The Bertz CT molecular complexity index is 1380. The summed E-state index contributed by atoms with van der Waals surface area (Å²) in [6.45, 7) is 5.42. The first-order valence-electron chi connectivity index (χ1n) is 11.0. The Morgan fingerprint density at radius 1 is 1.09 bits per heavy atom. The van der Waals surface area contributed by atoms with Gasteiger partial charge in [0.25, 0.3) is 5.91 Å². The largest absolute Gasteiger partial charge is 0.334 e. The van der Waals surface area contributed by atoms with E-state index in [0.29, 0.717) is 23.3 Å². The molecule has 0 saturated heterocycles. The number of anilines is 1. The summed E-state index contributed by atoms with van der Waals surface area (Å²) in [6.07, 6.45) is 6.92. The van der Waals surface area contributed by atoms with Crippen LogP contribution in [-0.2, 0) is 19.5 Å². The molecule has 3 aromatic heterocycles. The van der Waals surface area contributed by atoms with Gasteiger partial charge in [0, 0.05) is 43.2 Å². The lowest BCUT2D eigenvalue weighted by molar-refractivity contribution is 0.102. The minimum Gasteiger partial charge on any atom is -0.334 e. The van der Waals surface area contributed by atoms with Gasteiger partial charge in [0.2, 0.25) is 5.43 Å². The average Bonchev–Trinajstić information content (AvgIpc) is 3.23. The lowest BCUT2D eigenvalue weighted by atomic mass is 10.1. The van der Waals surface area contributed by atoms with Crippen molar-refractivity contribution >= 4 is 22.6 Å². The summed E-state index contributed by atoms with van der Waals surface area (Å²) >= 11 is 0. The van der Waals surface area contributed by atoms with Crippen LogP contribution < -0.4 is 10.7 Å². The van der Waals surface area contributed by atoms with Crippen LogP contribution in [0.3, 0.4) is 0 Å². The number of benzene rings is 1. The first-order valence-corrected chi connectivity index (χ1v) is 11.0. The topological polar surface area (TPSA) is 81.8 Å². The van der Waals surface area contributed by atoms with E-state index < -0.39 is 5.91 Å². The first-order chi connectivity index (χ1) is 15.5. The van der Waals surface area contributed by atoms with Crippen LogP contribution in [0.4, 0.5) is 5.69 Å². The summed E-state index contributed by atoms with van der Waals surface area (Å²) in [4.78, 5) is 35.6. The zero-order valence-electron chi connectivity index (χ0n) is 18.3. The second-order valence-electron chi connectivity index (χ2n) is 8.17. The van der Waals surface area contributed by atoms with E-state index in [1.54, 1.807) is 18.3 Å². The molecule has 0 aliphatic carbocycles. The molecule has 7 nitrogen and oxygen atoms in total. The highest BCUT2D eigenvalue weighted by molar-refractivity contribution is 6.07. The molecule has 0 bridgehead atoms. The van der Waals surface area contributed by atoms with Crippen LogP contribution >= 0.6 is 0 Å². The lowest BCUT2D eigenvalue weighted by Crippen LogP contribution is -2.24. The second kappa shape index (κ2) is 8.07. The molecule has 7 heteroatoms. The van der Waals surface area contributed by atoms with Crippen molar-refractivity contribution < 1.29 is 4.79 Å². The summed E-state index contributed by atoms with van der Waals surface area (Å²) in [6, 6.07) is 11.1. The van der Waals surface area contributed by atoms with E-state index >= 15 is 0 Å². The van der Waals surface area contributed by atoms with Gasteiger partial charge >= 0.3 is 0 Å². The molecule has 1 N–H and O–H groups in total. The number of aryl methyl sites for hydroxylation is 4. The third-order valence-electron chi connectivity index (χ3n) is 6.01. The zero-order chi connectivity index (χ0) is 22.2. The normalized spacial score (nSPS) is 13.2. The number of nitrogens with one attached hydrogen (secondary N) is 1. The minimum atomic E-state index is -0.434. The molecule has 1 amide bonds. The van der Waals surface area contributed by atoms with E-state index in [9.17, 15) is 9.59 Å². The third-order valence-corrected chi connectivity index (χ3v) is 6.01. The van der Waals surface area contributed by atoms with E-state index in [0.717, 1.165) is 48.6 Å². The van der Waals surface area contributed by atoms with Crippen molar-refractivity contribution in [2.24, 2.45) is 0 Å². The van der Waals surface area contributed by atoms with Gasteiger partial charge < -0.3 is 14.5 Å². The van der Waals surface area contributed by atoms with Crippen molar-refractivity contribution in [2.45, 2.75) is 46.2 Å². The predicted octanol–water partition coefficient (Wildman–Crippen LogP) is 4.18. The highest BCUT2D eigenvalue weighted by atomic mass is 16.2. The molecule has 4 aromatic rings. The standard InChI is InChI=1S/C25H25N5O2/c1-3-29-14-19(23(31)18-12-11-16(2)26-24(18)29)25(32)28-20-9-5-4-8-17(20)21-15-30-13-7-6-10-22(30)27-21/h4-5,8-9,11-12,14-15H,3,6-7,10,13H2,1-2H3,(H,28,32). The highest BCUT2D eigenvalue weighted by Crippen LogP contribution is 2.29. The molecule has 1 aliphatic rings. The average molecular weight is 428 g/mol. The third kappa shape index (κ3) is 3.49. The SMILES string of the molecule is CCn1cc(C(=O)Nc2ccccc2-c2cn3c(n2)CCCC3)c(=O)c2ccc(C)nc21. The number of rotatable bonds is 4. The fraction of sp³-hybridized carbons (Fsp3) is 0.280.